The Morgan fingerprint density at radius 2 is 2.33 bits per heavy atom. The van der Waals surface area contributed by atoms with E-state index in [1.165, 1.54) is 18.4 Å². The summed E-state index contributed by atoms with van der Waals surface area (Å²) >= 11 is 1.89. The van der Waals surface area contributed by atoms with Crippen molar-refractivity contribution in [3.63, 3.8) is 0 Å². The molecule has 1 aliphatic carbocycles. The van der Waals surface area contributed by atoms with E-state index in [4.69, 9.17) is 5.73 Å². The van der Waals surface area contributed by atoms with Crippen LogP contribution >= 0.6 is 11.3 Å². The van der Waals surface area contributed by atoms with E-state index in [1.807, 2.05) is 11.3 Å². The molecule has 66 valence electrons. The first-order valence-corrected chi connectivity index (χ1v) is 5.47. The molecule has 0 radical (unpaired) electrons. The maximum absolute atomic E-state index is 5.79. The van der Waals surface area contributed by atoms with E-state index >= 15 is 0 Å². The van der Waals surface area contributed by atoms with E-state index in [2.05, 4.69) is 18.4 Å². The van der Waals surface area contributed by atoms with Crippen molar-refractivity contribution < 1.29 is 0 Å². The van der Waals surface area contributed by atoms with Gasteiger partial charge in [0.05, 0.1) is 0 Å². The van der Waals surface area contributed by atoms with Crippen LogP contribution in [0, 0.1) is 0 Å². The van der Waals surface area contributed by atoms with Crippen LogP contribution in [0.25, 0.3) is 0 Å². The minimum Gasteiger partial charge on any atom is -0.330 e. The Hall–Kier alpha value is -0.340. The molecule has 0 amide bonds. The summed E-state index contributed by atoms with van der Waals surface area (Å²) in [6.07, 6.45) is 3.76. The number of nitrogens with two attached hydrogens (primary N) is 1. The lowest BCUT2D eigenvalue weighted by molar-refractivity contribution is 0.711. The van der Waals surface area contributed by atoms with Crippen LogP contribution in [-0.4, -0.2) is 6.54 Å². The van der Waals surface area contributed by atoms with Gasteiger partial charge in [0.15, 0.2) is 0 Å². The van der Waals surface area contributed by atoms with Crippen molar-refractivity contribution in [1.82, 2.24) is 0 Å². The van der Waals surface area contributed by atoms with Crippen LogP contribution in [0.15, 0.2) is 11.4 Å². The van der Waals surface area contributed by atoms with Crippen molar-refractivity contribution in [2.24, 2.45) is 5.73 Å². The fourth-order valence-electron chi connectivity index (χ4n) is 1.75. The highest BCUT2D eigenvalue weighted by Gasteiger charge is 2.44. The molecule has 1 nitrogen and oxygen atoms in total. The minimum atomic E-state index is 0.402. The SMILES string of the molecule is CCc1ccsc1C1(CN)CC1. The standard InChI is InChI=1S/C10H15NS/c1-2-8-3-6-12-9(8)10(7-11)4-5-10/h3,6H,2,4-5,7,11H2,1H3. The van der Waals surface area contributed by atoms with Gasteiger partial charge >= 0.3 is 0 Å². The Bertz CT molecular complexity index is 273. The molecule has 1 saturated carbocycles. The summed E-state index contributed by atoms with van der Waals surface area (Å²) in [7, 11) is 0. The maximum atomic E-state index is 5.79. The van der Waals surface area contributed by atoms with Gasteiger partial charge in [-0.1, -0.05) is 6.92 Å². The quantitative estimate of drug-likeness (QED) is 0.760. The molecular formula is C10H15NS. The smallest absolute Gasteiger partial charge is 0.0173 e. The monoisotopic (exact) mass is 181 g/mol. The maximum Gasteiger partial charge on any atom is 0.0173 e. The lowest BCUT2D eigenvalue weighted by atomic mass is 10.0. The Balaban J connectivity index is 2.32. The first-order chi connectivity index (χ1) is 5.82. The Labute approximate surface area is 77.6 Å². The van der Waals surface area contributed by atoms with Gasteiger partial charge in [0, 0.05) is 16.8 Å². The fourth-order valence-corrected chi connectivity index (χ4v) is 3.02. The van der Waals surface area contributed by atoms with Crippen LogP contribution in [0.1, 0.15) is 30.2 Å². The van der Waals surface area contributed by atoms with Gasteiger partial charge in [0.2, 0.25) is 0 Å². The summed E-state index contributed by atoms with van der Waals surface area (Å²) in [4.78, 5) is 1.56. The van der Waals surface area contributed by atoms with Crippen LogP contribution in [0.2, 0.25) is 0 Å². The summed E-state index contributed by atoms with van der Waals surface area (Å²) in [5, 5.41) is 2.20. The van der Waals surface area contributed by atoms with E-state index in [0.717, 1.165) is 13.0 Å². The van der Waals surface area contributed by atoms with Crippen molar-refractivity contribution in [2.45, 2.75) is 31.6 Å². The van der Waals surface area contributed by atoms with E-state index in [-0.39, 0.29) is 0 Å². The zero-order valence-corrected chi connectivity index (χ0v) is 8.29. The lowest BCUT2D eigenvalue weighted by Crippen LogP contribution is -2.19. The molecule has 0 saturated heterocycles. The van der Waals surface area contributed by atoms with Crippen LogP contribution in [0.5, 0.6) is 0 Å². The third kappa shape index (κ3) is 1.10. The molecule has 0 spiro atoms. The highest BCUT2D eigenvalue weighted by molar-refractivity contribution is 7.10. The van der Waals surface area contributed by atoms with Gasteiger partial charge in [-0.15, -0.1) is 11.3 Å². The number of rotatable bonds is 3. The molecule has 0 aromatic carbocycles. The Morgan fingerprint density at radius 3 is 2.83 bits per heavy atom. The van der Waals surface area contributed by atoms with Crippen LogP contribution < -0.4 is 5.73 Å². The molecule has 0 aliphatic heterocycles. The minimum absolute atomic E-state index is 0.402. The zero-order chi connectivity index (χ0) is 8.60. The average molecular weight is 181 g/mol. The summed E-state index contributed by atoms with van der Waals surface area (Å²) < 4.78 is 0. The highest BCUT2D eigenvalue weighted by atomic mass is 32.1. The average Bonchev–Trinajstić information content (AvgIpc) is 2.76. The van der Waals surface area contributed by atoms with Gasteiger partial charge in [-0.3, -0.25) is 0 Å². The van der Waals surface area contributed by atoms with E-state index in [0.29, 0.717) is 5.41 Å². The molecule has 2 rings (SSSR count). The zero-order valence-electron chi connectivity index (χ0n) is 7.47. The number of thiophene rings is 1. The van der Waals surface area contributed by atoms with Crippen LogP contribution in [0.3, 0.4) is 0 Å². The second-order valence-corrected chi connectivity index (χ2v) is 4.53. The van der Waals surface area contributed by atoms with Crippen molar-refractivity contribution >= 4 is 11.3 Å². The van der Waals surface area contributed by atoms with Crippen molar-refractivity contribution in [2.75, 3.05) is 6.54 Å². The van der Waals surface area contributed by atoms with Crippen LogP contribution in [0.4, 0.5) is 0 Å². The van der Waals surface area contributed by atoms with Gasteiger partial charge < -0.3 is 5.73 Å². The number of aryl methyl sites for hydroxylation is 1. The molecule has 2 heteroatoms. The van der Waals surface area contributed by atoms with Crippen molar-refractivity contribution in [1.29, 1.82) is 0 Å². The molecule has 1 heterocycles. The second kappa shape index (κ2) is 2.86. The number of hydrogen-bond donors (Lipinski definition) is 1. The highest BCUT2D eigenvalue weighted by Crippen LogP contribution is 2.50. The number of hydrogen-bond acceptors (Lipinski definition) is 2. The second-order valence-electron chi connectivity index (χ2n) is 3.61. The normalized spacial score (nSPS) is 19.5. The van der Waals surface area contributed by atoms with Gasteiger partial charge in [-0.05, 0) is 36.3 Å². The third-order valence-electron chi connectivity index (χ3n) is 2.85. The van der Waals surface area contributed by atoms with Crippen molar-refractivity contribution in [3.8, 4) is 0 Å². The van der Waals surface area contributed by atoms with Crippen molar-refractivity contribution in [3.05, 3.63) is 21.9 Å². The molecule has 0 atom stereocenters. The molecule has 2 N–H and O–H groups in total. The first kappa shape index (κ1) is 8.27. The summed E-state index contributed by atoms with van der Waals surface area (Å²) in [5.74, 6) is 0. The molecular weight excluding hydrogens is 166 g/mol. The van der Waals surface area contributed by atoms with Crippen LogP contribution in [-0.2, 0) is 11.8 Å². The predicted molar refractivity (Wildman–Crippen MR) is 53.7 cm³/mol. The summed E-state index contributed by atoms with van der Waals surface area (Å²) in [5.41, 5.74) is 7.71. The summed E-state index contributed by atoms with van der Waals surface area (Å²) in [6, 6.07) is 2.25. The molecule has 1 aromatic heterocycles. The predicted octanol–water partition coefficient (Wildman–Crippen LogP) is 2.30. The van der Waals surface area contributed by atoms with E-state index < -0.39 is 0 Å². The largest absolute Gasteiger partial charge is 0.330 e. The Kier molecular flexibility index (Phi) is 1.97. The topological polar surface area (TPSA) is 26.0 Å². The van der Waals surface area contributed by atoms with Gasteiger partial charge in [-0.25, -0.2) is 0 Å². The molecule has 1 aromatic rings. The lowest BCUT2D eigenvalue weighted by Gasteiger charge is -2.11. The van der Waals surface area contributed by atoms with E-state index in [1.54, 1.807) is 4.88 Å². The fraction of sp³-hybridized carbons (Fsp3) is 0.600. The Morgan fingerprint density at radius 1 is 1.58 bits per heavy atom. The molecule has 12 heavy (non-hydrogen) atoms. The van der Waals surface area contributed by atoms with Gasteiger partial charge in [0.1, 0.15) is 0 Å². The molecule has 1 fully saturated rings. The summed E-state index contributed by atoms with van der Waals surface area (Å²) in [6.45, 7) is 3.05. The van der Waals surface area contributed by atoms with Gasteiger partial charge in [0.25, 0.3) is 0 Å². The molecule has 0 bridgehead atoms. The first-order valence-electron chi connectivity index (χ1n) is 4.59. The molecule has 0 unspecified atom stereocenters. The third-order valence-corrected chi connectivity index (χ3v) is 4.06. The van der Waals surface area contributed by atoms with E-state index in [9.17, 15) is 0 Å². The molecule has 1 aliphatic rings. The van der Waals surface area contributed by atoms with Gasteiger partial charge in [-0.2, -0.15) is 0 Å².